The van der Waals surface area contributed by atoms with Gasteiger partial charge < -0.3 is 0 Å². The lowest BCUT2D eigenvalue weighted by atomic mass is 10.2. The van der Waals surface area contributed by atoms with Crippen LogP contribution in [0.3, 0.4) is 0 Å². The van der Waals surface area contributed by atoms with E-state index in [0.29, 0.717) is 5.56 Å². The second kappa shape index (κ2) is 5.37. The fourth-order valence-corrected chi connectivity index (χ4v) is 1.16. The largest absolute Gasteiger partial charge is 0.289 e. The number of hydrogen-bond acceptors (Lipinski definition) is 2. The Balaban J connectivity index is 2.66. The van der Waals surface area contributed by atoms with Gasteiger partial charge in [0.1, 0.15) is 0 Å². The van der Waals surface area contributed by atoms with Gasteiger partial charge >= 0.3 is 0 Å². The Labute approximate surface area is 84.4 Å². The van der Waals surface area contributed by atoms with E-state index in [1.54, 1.807) is 23.2 Å². The summed E-state index contributed by atoms with van der Waals surface area (Å²) in [5, 5.41) is 4.10. The number of ketones is 1. The van der Waals surface area contributed by atoms with E-state index in [2.05, 4.69) is 12.0 Å². The fourth-order valence-electron chi connectivity index (χ4n) is 1.16. The molecule has 3 heteroatoms. The lowest BCUT2D eigenvalue weighted by Gasteiger charge is -1.94. The van der Waals surface area contributed by atoms with Crippen molar-refractivity contribution < 1.29 is 4.79 Å². The SMILES string of the molecule is CC/C=C/C(=O)c1cnn(CCC)c1. The molecule has 0 spiro atoms. The zero-order valence-corrected chi connectivity index (χ0v) is 8.73. The van der Waals surface area contributed by atoms with E-state index in [0.717, 1.165) is 19.4 Å². The van der Waals surface area contributed by atoms with E-state index in [9.17, 15) is 4.79 Å². The molecule has 0 atom stereocenters. The smallest absolute Gasteiger partial charge is 0.188 e. The minimum absolute atomic E-state index is 0.0363. The Hall–Kier alpha value is -1.38. The van der Waals surface area contributed by atoms with Crippen molar-refractivity contribution in [3.63, 3.8) is 0 Å². The van der Waals surface area contributed by atoms with Gasteiger partial charge in [0, 0.05) is 12.7 Å². The van der Waals surface area contributed by atoms with Crippen molar-refractivity contribution in [2.75, 3.05) is 0 Å². The second-order valence-corrected chi connectivity index (χ2v) is 3.17. The maximum atomic E-state index is 11.5. The van der Waals surface area contributed by atoms with Crippen molar-refractivity contribution in [3.8, 4) is 0 Å². The van der Waals surface area contributed by atoms with Crippen molar-refractivity contribution in [2.24, 2.45) is 0 Å². The van der Waals surface area contributed by atoms with E-state index in [1.165, 1.54) is 0 Å². The molecule has 1 aromatic rings. The first-order chi connectivity index (χ1) is 6.77. The lowest BCUT2D eigenvalue weighted by Crippen LogP contribution is -1.96. The highest BCUT2D eigenvalue weighted by molar-refractivity contribution is 6.04. The molecular formula is C11H16N2O. The van der Waals surface area contributed by atoms with E-state index >= 15 is 0 Å². The molecule has 0 amide bonds. The first-order valence-electron chi connectivity index (χ1n) is 5.01. The highest BCUT2D eigenvalue weighted by atomic mass is 16.1. The summed E-state index contributed by atoms with van der Waals surface area (Å²) in [5.74, 6) is 0.0363. The monoisotopic (exact) mass is 192 g/mol. The number of allylic oxidation sites excluding steroid dienone is 2. The summed E-state index contributed by atoms with van der Waals surface area (Å²) in [4.78, 5) is 11.5. The average molecular weight is 192 g/mol. The predicted molar refractivity (Wildman–Crippen MR) is 56.3 cm³/mol. The molecule has 0 radical (unpaired) electrons. The molecule has 0 unspecified atom stereocenters. The number of nitrogens with zero attached hydrogens (tertiary/aromatic N) is 2. The van der Waals surface area contributed by atoms with Gasteiger partial charge in [-0.05, 0) is 18.9 Å². The summed E-state index contributed by atoms with van der Waals surface area (Å²) < 4.78 is 1.80. The van der Waals surface area contributed by atoms with Crippen LogP contribution in [0.1, 0.15) is 37.0 Å². The van der Waals surface area contributed by atoms with E-state index < -0.39 is 0 Å². The minimum Gasteiger partial charge on any atom is -0.289 e. The molecule has 1 rings (SSSR count). The van der Waals surface area contributed by atoms with Gasteiger partial charge in [-0.1, -0.05) is 19.9 Å². The zero-order chi connectivity index (χ0) is 10.4. The molecule has 3 nitrogen and oxygen atoms in total. The summed E-state index contributed by atoms with van der Waals surface area (Å²) in [6.07, 6.45) is 8.80. The van der Waals surface area contributed by atoms with Crippen LogP contribution < -0.4 is 0 Å². The molecule has 1 heterocycles. The third-order valence-corrected chi connectivity index (χ3v) is 1.88. The molecular weight excluding hydrogens is 176 g/mol. The summed E-state index contributed by atoms with van der Waals surface area (Å²) in [5.41, 5.74) is 0.670. The van der Waals surface area contributed by atoms with Gasteiger partial charge in [0.2, 0.25) is 0 Å². The maximum Gasteiger partial charge on any atom is 0.188 e. The van der Waals surface area contributed by atoms with Crippen LogP contribution in [-0.4, -0.2) is 15.6 Å². The molecule has 0 fully saturated rings. The Bertz CT molecular complexity index is 326. The lowest BCUT2D eigenvalue weighted by molar-refractivity contribution is 0.104. The van der Waals surface area contributed by atoms with Gasteiger partial charge in [0.25, 0.3) is 0 Å². The van der Waals surface area contributed by atoms with Crippen molar-refractivity contribution >= 4 is 5.78 Å². The van der Waals surface area contributed by atoms with Crippen LogP contribution in [0, 0.1) is 0 Å². The first-order valence-corrected chi connectivity index (χ1v) is 5.01. The van der Waals surface area contributed by atoms with Gasteiger partial charge in [-0.3, -0.25) is 9.48 Å². The van der Waals surface area contributed by atoms with Crippen LogP contribution in [0.25, 0.3) is 0 Å². The van der Waals surface area contributed by atoms with Crippen LogP contribution in [-0.2, 0) is 6.54 Å². The molecule has 76 valence electrons. The normalized spacial score (nSPS) is 11.0. The van der Waals surface area contributed by atoms with Crippen LogP contribution in [0.5, 0.6) is 0 Å². The zero-order valence-electron chi connectivity index (χ0n) is 8.73. The third-order valence-electron chi connectivity index (χ3n) is 1.88. The Morgan fingerprint density at radius 1 is 1.57 bits per heavy atom. The maximum absolute atomic E-state index is 11.5. The molecule has 0 aliphatic rings. The molecule has 0 aliphatic carbocycles. The average Bonchev–Trinajstić information content (AvgIpc) is 2.63. The number of hydrogen-bond donors (Lipinski definition) is 0. The van der Waals surface area contributed by atoms with Gasteiger partial charge in [0.05, 0.1) is 11.8 Å². The number of carbonyl (C=O) groups is 1. The van der Waals surface area contributed by atoms with E-state index in [4.69, 9.17) is 0 Å². The second-order valence-electron chi connectivity index (χ2n) is 3.17. The van der Waals surface area contributed by atoms with Crippen molar-refractivity contribution in [3.05, 3.63) is 30.1 Å². The van der Waals surface area contributed by atoms with Crippen molar-refractivity contribution in [2.45, 2.75) is 33.2 Å². The van der Waals surface area contributed by atoms with Crippen molar-refractivity contribution in [1.82, 2.24) is 9.78 Å². The summed E-state index contributed by atoms with van der Waals surface area (Å²) in [7, 11) is 0. The number of aromatic nitrogens is 2. The van der Waals surface area contributed by atoms with Crippen LogP contribution in [0.15, 0.2) is 24.5 Å². The fraction of sp³-hybridized carbons (Fsp3) is 0.455. The summed E-state index contributed by atoms with van der Waals surface area (Å²) >= 11 is 0. The van der Waals surface area contributed by atoms with Gasteiger partial charge in [0.15, 0.2) is 5.78 Å². The Morgan fingerprint density at radius 3 is 3.00 bits per heavy atom. The topological polar surface area (TPSA) is 34.9 Å². The number of rotatable bonds is 5. The van der Waals surface area contributed by atoms with Gasteiger partial charge in [-0.25, -0.2) is 0 Å². The summed E-state index contributed by atoms with van der Waals surface area (Å²) in [6.45, 7) is 4.95. The Morgan fingerprint density at radius 2 is 2.36 bits per heavy atom. The molecule has 14 heavy (non-hydrogen) atoms. The molecule has 0 aliphatic heterocycles. The van der Waals surface area contributed by atoms with E-state index in [1.807, 2.05) is 13.0 Å². The van der Waals surface area contributed by atoms with Crippen LogP contribution >= 0.6 is 0 Å². The molecule has 0 bridgehead atoms. The number of carbonyl (C=O) groups excluding carboxylic acids is 1. The van der Waals surface area contributed by atoms with Crippen LogP contribution in [0.2, 0.25) is 0 Å². The minimum atomic E-state index is 0.0363. The molecule has 0 N–H and O–H groups in total. The first kappa shape index (κ1) is 10.7. The predicted octanol–water partition coefficient (Wildman–Crippen LogP) is 2.44. The van der Waals surface area contributed by atoms with Crippen LogP contribution in [0.4, 0.5) is 0 Å². The Kier molecular flexibility index (Phi) is 4.11. The van der Waals surface area contributed by atoms with Crippen molar-refractivity contribution in [1.29, 1.82) is 0 Å². The molecule has 1 aromatic heterocycles. The van der Waals surface area contributed by atoms with Gasteiger partial charge in [-0.15, -0.1) is 0 Å². The third kappa shape index (κ3) is 2.83. The molecule has 0 aromatic carbocycles. The highest BCUT2D eigenvalue weighted by Gasteiger charge is 2.03. The number of aryl methyl sites for hydroxylation is 1. The quantitative estimate of drug-likeness (QED) is 0.530. The highest BCUT2D eigenvalue weighted by Crippen LogP contribution is 2.01. The molecule has 0 saturated heterocycles. The standard InChI is InChI=1S/C11H16N2O/c1-3-5-6-11(14)10-8-12-13(9-10)7-4-2/h5-6,8-9H,3-4,7H2,1-2H3/b6-5+. The summed E-state index contributed by atoms with van der Waals surface area (Å²) in [6, 6.07) is 0. The molecule has 0 saturated carbocycles. The van der Waals surface area contributed by atoms with Gasteiger partial charge in [-0.2, -0.15) is 5.10 Å². The van der Waals surface area contributed by atoms with E-state index in [-0.39, 0.29) is 5.78 Å².